The van der Waals surface area contributed by atoms with E-state index in [9.17, 15) is 13.2 Å². The molecule has 7 nitrogen and oxygen atoms in total. The van der Waals surface area contributed by atoms with Gasteiger partial charge >= 0.3 is 0 Å². The SMILES string of the molecule is CCS(=O)(=O)Nc1ccc2c(c1)C(C(=Nc1ccc(OC)cc1)c1ccccc1)C(=O)N2. The number of amides is 1. The Hall–Kier alpha value is -3.65. The number of carbonyl (C=O) groups is 1. The molecule has 1 atom stereocenters. The number of nitrogens with zero attached hydrogens (tertiary/aromatic N) is 1. The quantitative estimate of drug-likeness (QED) is 0.525. The third-order valence-corrected chi connectivity index (χ3v) is 6.51. The fourth-order valence-corrected chi connectivity index (χ4v) is 4.18. The van der Waals surface area contributed by atoms with Gasteiger partial charge in [0, 0.05) is 11.4 Å². The number of nitrogens with one attached hydrogen (secondary N) is 2. The predicted molar refractivity (Wildman–Crippen MR) is 127 cm³/mol. The minimum atomic E-state index is -3.45. The van der Waals surface area contributed by atoms with Gasteiger partial charge in [-0.05, 0) is 60.5 Å². The molecular formula is C24H23N3O4S. The number of hydrogen-bond donors (Lipinski definition) is 2. The molecule has 4 rings (SSSR count). The Morgan fingerprint density at radius 2 is 1.78 bits per heavy atom. The first-order valence-electron chi connectivity index (χ1n) is 10.1. The van der Waals surface area contributed by atoms with Crippen molar-refractivity contribution in [2.75, 3.05) is 22.9 Å². The Labute approximate surface area is 187 Å². The number of benzene rings is 3. The molecule has 2 N–H and O–H groups in total. The van der Waals surface area contributed by atoms with Crippen molar-refractivity contribution in [2.45, 2.75) is 12.8 Å². The molecular weight excluding hydrogens is 426 g/mol. The zero-order valence-corrected chi connectivity index (χ0v) is 18.5. The van der Waals surface area contributed by atoms with Crippen LogP contribution >= 0.6 is 0 Å². The molecule has 0 bridgehead atoms. The van der Waals surface area contributed by atoms with Gasteiger partial charge < -0.3 is 10.1 Å². The maximum absolute atomic E-state index is 13.0. The Bertz CT molecular complexity index is 1270. The summed E-state index contributed by atoms with van der Waals surface area (Å²) in [6.45, 7) is 1.57. The minimum absolute atomic E-state index is 0.0428. The lowest BCUT2D eigenvalue weighted by atomic mass is 9.90. The minimum Gasteiger partial charge on any atom is -0.497 e. The average Bonchev–Trinajstić information content (AvgIpc) is 3.13. The van der Waals surface area contributed by atoms with E-state index >= 15 is 0 Å². The summed E-state index contributed by atoms with van der Waals surface area (Å²) in [6.07, 6.45) is 0. The van der Waals surface area contributed by atoms with E-state index in [1.54, 1.807) is 32.2 Å². The highest BCUT2D eigenvalue weighted by molar-refractivity contribution is 7.92. The van der Waals surface area contributed by atoms with Crippen molar-refractivity contribution in [2.24, 2.45) is 4.99 Å². The van der Waals surface area contributed by atoms with Gasteiger partial charge in [-0.2, -0.15) is 0 Å². The fraction of sp³-hybridized carbons (Fsp3) is 0.167. The van der Waals surface area contributed by atoms with Gasteiger partial charge in [0.2, 0.25) is 15.9 Å². The number of hydrogen-bond acceptors (Lipinski definition) is 5. The van der Waals surface area contributed by atoms with Crippen LogP contribution in [0.2, 0.25) is 0 Å². The smallest absolute Gasteiger partial charge is 0.238 e. The van der Waals surface area contributed by atoms with E-state index in [0.29, 0.717) is 34.1 Å². The average molecular weight is 450 g/mol. The highest BCUT2D eigenvalue weighted by Gasteiger charge is 2.35. The number of ether oxygens (including phenoxy) is 1. The fourth-order valence-electron chi connectivity index (χ4n) is 3.55. The highest BCUT2D eigenvalue weighted by atomic mass is 32.2. The normalized spacial score (nSPS) is 15.8. The van der Waals surface area contributed by atoms with Crippen LogP contribution in [0.3, 0.4) is 0 Å². The molecule has 3 aromatic carbocycles. The van der Waals surface area contributed by atoms with Gasteiger partial charge in [0.1, 0.15) is 11.7 Å². The molecule has 1 unspecified atom stereocenters. The standard InChI is InChI=1S/C24H23N3O4S/c1-3-32(29,30)27-18-11-14-21-20(15-18)22(24(28)26-21)23(16-7-5-4-6-8-16)25-17-9-12-19(31-2)13-10-17/h4-15,22,27H,3H2,1-2H3,(H,26,28). The Morgan fingerprint density at radius 1 is 1.06 bits per heavy atom. The van der Waals surface area contributed by atoms with E-state index in [4.69, 9.17) is 9.73 Å². The number of rotatable bonds is 7. The molecule has 0 saturated carbocycles. The molecule has 0 saturated heterocycles. The molecule has 0 aromatic heterocycles. The van der Waals surface area contributed by atoms with Crippen LogP contribution < -0.4 is 14.8 Å². The molecule has 3 aromatic rings. The molecule has 0 radical (unpaired) electrons. The summed E-state index contributed by atoms with van der Waals surface area (Å²) in [6, 6.07) is 21.8. The van der Waals surface area contributed by atoms with E-state index in [1.807, 2.05) is 54.6 Å². The van der Waals surface area contributed by atoms with Crippen LogP contribution in [0.5, 0.6) is 5.75 Å². The molecule has 1 aliphatic heterocycles. The van der Waals surface area contributed by atoms with Crippen molar-refractivity contribution in [3.63, 3.8) is 0 Å². The number of fused-ring (bicyclic) bond motifs is 1. The number of aliphatic imine (C=N–C) groups is 1. The molecule has 0 fully saturated rings. The second kappa shape index (κ2) is 8.84. The first kappa shape index (κ1) is 21.6. The first-order valence-corrected chi connectivity index (χ1v) is 11.8. The van der Waals surface area contributed by atoms with Crippen LogP contribution in [0.4, 0.5) is 17.1 Å². The first-order chi connectivity index (χ1) is 15.4. The van der Waals surface area contributed by atoms with Gasteiger partial charge in [-0.3, -0.25) is 14.5 Å². The van der Waals surface area contributed by atoms with Gasteiger partial charge in [-0.25, -0.2) is 8.42 Å². The molecule has 1 heterocycles. The molecule has 0 aliphatic carbocycles. The molecule has 1 amide bonds. The zero-order valence-electron chi connectivity index (χ0n) is 17.7. The van der Waals surface area contributed by atoms with Crippen molar-refractivity contribution in [1.29, 1.82) is 0 Å². The van der Waals surface area contributed by atoms with Crippen molar-refractivity contribution in [3.8, 4) is 5.75 Å². The lowest BCUT2D eigenvalue weighted by Gasteiger charge is -2.15. The summed E-state index contributed by atoms with van der Waals surface area (Å²) < 4.78 is 31.8. The predicted octanol–water partition coefficient (Wildman–Crippen LogP) is 4.31. The second-order valence-corrected chi connectivity index (χ2v) is 9.30. The van der Waals surface area contributed by atoms with Crippen LogP contribution in [-0.2, 0) is 14.8 Å². The van der Waals surface area contributed by atoms with E-state index < -0.39 is 15.9 Å². The van der Waals surface area contributed by atoms with Gasteiger partial charge in [0.15, 0.2) is 0 Å². The van der Waals surface area contributed by atoms with Crippen LogP contribution in [0.1, 0.15) is 24.0 Å². The van der Waals surface area contributed by atoms with Gasteiger partial charge in [0.05, 0.1) is 24.3 Å². The summed E-state index contributed by atoms with van der Waals surface area (Å²) in [5.41, 5.74) is 3.76. The van der Waals surface area contributed by atoms with Crippen LogP contribution in [-0.4, -0.2) is 32.9 Å². The summed E-state index contributed by atoms with van der Waals surface area (Å²) in [5, 5.41) is 2.89. The molecule has 8 heteroatoms. The lowest BCUT2D eigenvalue weighted by Crippen LogP contribution is -2.22. The van der Waals surface area contributed by atoms with E-state index in [1.165, 1.54) is 0 Å². The lowest BCUT2D eigenvalue weighted by molar-refractivity contribution is -0.115. The number of methoxy groups -OCH3 is 1. The maximum Gasteiger partial charge on any atom is 0.238 e. The largest absolute Gasteiger partial charge is 0.497 e. The summed E-state index contributed by atoms with van der Waals surface area (Å²) in [4.78, 5) is 17.9. The van der Waals surface area contributed by atoms with Gasteiger partial charge in [-0.1, -0.05) is 30.3 Å². The third-order valence-electron chi connectivity index (χ3n) is 5.20. The molecule has 32 heavy (non-hydrogen) atoms. The maximum atomic E-state index is 13.0. The van der Waals surface area contributed by atoms with Gasteiger partial charge in [-0.15, -0.1) is 0 Å². The summed E-state index contributed by atoms with van der Waals surface area (Å²) in [5.74, 6) is -0.243. The Kier molecular flexibility index (Phi) is 5.96. The number of anilines is 2. The van der Waals surface area contributed by atoms with Crippen molar-refractivity contribution >= 4 is 38.7 Å². The zero-order chi connectivity index (χ0) is 22.7. The van der Waals surface area contributed by atoms with Crippen molar-refractivity contribution in [3.05, 3.63) is 83.9 Å². The second-order valence-electron chi connectivity index (χ2n) is 7.29. The van der Waals surface area contributed by atoms with E-state index in [2.05, 4.69) is 10.0 Å². The van der Waals surface area contributed by atoms with Gasteiger partial charge in [0.25, 0.3) is 0 Å². The highest BCUT2D eigenvalue weighted by Crippen LogP contribution is 2.38. The third kappa shape index (κ3) is 4.50. The van der Waals surface area contributed by atoms with Crippen LogP contribution in [0, 0.1) is 0 Å². The topological polar surface area (TPSA) is 96.9 Å². The van der Waals surface area contributed by atoms with Crippen LogP contribution in [0.25, 0.3) is 0 Å². The molecule has 164 valence electrons. The number of carbonyl (C=O) groups excluding carboxylic acids is 1. The van der Waals surface area contributed by atoms with E-state index in [0.717, 1.165) is 5.56 Å². The monoisotopic (exact) mass is 449 g/mol. The molecule has 0 spiro atoms. The van der Waals surface area contributed by atoms with Crippen molar-refractivity contribution in [1.82, 2.24) is 0 Å². The Balaban J connectivity index is 1.82. The van der Waals surface area contributed by atoms with Crippen LogP contribution in [0.15, 0.2) is 77.8 Å². The summed E-state index contributed by atoms with van der Waals surface area (Å²) in [7, 11) is -1.85. The summed E-state index contributed by atoms with van der Waals surface area (Å²) >= 11 is 0. The number of sulfonamides is 1. The van der Waals surface area contributed by atoms with Crippen molar-refractivity contribution < 1.29 is 17.9 Å². The molecule has 1 aliphatic rings. The van der Waals surface area contributed by atoms with E-state index in [-0.39, 0.29) is 11.7 Å². The Morgan fingerprint density at radius 3 is 2.44 bits per heavy atom.